The average Bonchev–Trinajstić information content (AvgIpc) is 2.81. The second-order valence-electron chi connectivity index (χ2n) is 4.83. The monoisotopic (exact) mass is 260 g/mol. The smallest absolute Gasteiger partial charge is 0.246 e. The van der Waals surface area contributed by atoms with Crippen molar-refractivity contribution in [1.29, 1.82) is 0 Å². The van der Waals surface area contributed by atoms with Gasteiger partial charge in [-0.1, -0.05) is 12.1 Å². The summed E-state index contributed by atoms with van der Waals surface area (Å²) in [5, 5.41) is 2.76. The van der Waals surface area contributed by atoms with Gasteiger partial charge in [0.25, 0.3) is 0 Å². The van der Waals surface area contributed by atoms with Gasteiger partial charge >= 0.3 is 0 Å². The van der Waals surface area contributed by atoms with Crippen molar-refractivity contribution in [3.8, 4) is 0 Å². The van der Waals surface area contributed by atoms with Crippen molar-refractivity contribution >= 4 is 22.9 Å². The van der Waals surface area contributed by atoms with E-state index < -0.39 is 5.54 Å². The fourth-order valence-electron chi connectivity index (χ4n) is 2.21. The van der Waals surface area contributed by atoms with Gasteiger partial charge in [0, 0.05) is 13.2 Å². The first kappa shape index (κ1) is 12.1. The summed E-state index contributed by atoms with van der Waals surface area (Å²) in [4.78, 5) is 19.6. The molecule has 0 saturated carbocycles. The molecular formula is C13H16N4O2. The minimum absolute atomic E-state index is 0.213. The van der Waals surface area contributed by atoms with Crippen LogP contribution in [0.5, 0.6) is 0 Å². The highest BCUT2D eigenvalue weighted by Crippen LogP contribution is 2.20. The predicted octanol–water partition coefficient (Wildman–Crippen LogP) is 1.01. The third-order valence-electron chi connectivity index (χ3n) is 3.46. The minimum atomic E-state index is -0.864. The maximum absolute atomic E-state index is 12.2. The molecular weight excluding hydrogens is 244 g/mol. The number of para-hydroxylation sites is 2. The standard InChI is InChI=1S/C13H16N4O2/c14-13(5-7-19-8-6-13)11(18)17-12-15-9-3-1-2-4-10(9)16-12/h1-4H,5-8,14H2,(H2,15,16,17,18). The highest BCUT2D eigenvalue weighted by atomic mass is 16.5. The number of hydrogen-bond acceptors (Lipinski definition) is 4. The molecule has 6 heteroatoms. The van der Waals surface area contributed by atoms with Crippen LogP contribution in [0.25, 0.3) is 11.0 Å². The Morgan fingerprint density at radius 3 is 2.84 bits per heavy atom. The molecule has 0 spiro atoms. The molecule has 1 amide bonds. The van der Waals surface area contributed by atoms with Gasteiger partial charge < -0.3 is 15.5 Å². The lowest BCUT2D eigenvalue weighted by Gasteiger charge is -2.31. The molecule has 1 aliphatic heterocycles. The Morgan fingerprint density at radius 2 is 2.11 bits per heavy atom. The van der Waals surface area contributed by atoms with Gasteiger partial charge in [0.1, 0.15) is 5.54 Å². The SMILES string of the molecule is NC1(C(=O)Nc2nc3ccccc3[nH]2)CCOCC1. The van der Waals surface area contributed by atoms with Crippen LogP contribution in [0.1, 0.15) is 12.8 Å². The van der Waals surface area contributed by atoms with Crippen LogP contribution in [0.15, 0.2) is 24.3 Å². The zero-order valence-corrected chi connectivity index (χ0v) is 10.5. The maximum atomic E-state index is 12.2. The van der Waals surface area contributed by atoms with Crippen molar-refractivity contribution in [2.75, 3.05) is 18.5 Å². The van der Waals surface area contributed by atoms with Crippen LogP contribution in [0.3, 0.4) is 0 Å². The largest absolute Gasteiger partial charge is 0.381 e. The Hall–Kier alpha value is -1.92. The molecule has 6 nitrogen and oxygen atoms in total. The van der Waals surface area contributed by atoms with E-state index in [9.17, 15) is 4.79 Å². The molecule has 2 aromatic rings. The number of rotatable bonds is 2. The Balaban J connectivity index is 1.78. The number of hydrogen-bond donors (Lipinski definition) is 3. The number of fused-ring (bicyclic) bond motifs is 1. The number of H-pyrrole nitrogens is 1. The number of amides is 1. The molecule has 0 unspecified atom stereocenters. The van der Waals surface area contributed by atoms with E-state index in [0.717, 1.165) is 11.0 Å². The van der Waals surface area contributed by atoms with Crippen molar-refractivity contribution in [2.24, 2.45) is 5.73 Å². The molecule has 1 aliphatic rings. The molecule has 4 N–H and O–H groups in total. The summed E-state index contributed by atoms with van der Waals surface area (Å²) in [7, 11) is 0. The molecule has 1 aromatic heterocycles. The van der Waals surface area contributed by atoms with Gasteiger partial charge in [-0.2, -0.15) is 0 Å². The maximum Gasteiger partial charge on any atom is 0.246 e. The summed E-state index contributed by atoms with van der Waals surface area (Å²) in [5.74, 6) is 0.220. The molecule has 0 bridgehead atoms. The summed E-state index contributed by atoms with van der Waals surface area (Å²) in [6.07, 6.45) is 1.05. The lowest BCUT2D eigenvalue weighted by Crippen LogP contribution is -2.54. The Bertz CT molecular complexity index is 568. The van der Waals surface area contributed by atoms with Crippen LogP contribution in [0.2, 0.25) is 0 Å². The van der Waals surface area contributed by atoms with Crippen LogP contribution in [-0.4, -0.2) is 34.6 Å². The zero-order chi connectivity index (χ0) is 13.3. The van der Waals surface area contributed by atoms with Crippen LogP contribution < -0.4 is 11.1 Å². The Kier molecular flexibility index (Phi) is 2.96. The second-order valence-corrected chi connectivity index (χ2v) is 4.83. The number of aromatic amines is 1. The number of nitrogens with zero attached hydrogens (tertiary/aromatic N) is 1. The third kappa shape index (κ3) is 2.32. The number of benzene rings is 1. The number of ether oxygens (including phenoxy) is 1. The van der Waals surface area contributed by atoms with Crippen LogP contribution >= 0.6 is 0 Å². The molecule has 1 fully saturated rings. The fourth-order valence-corrected chi connectivity index (χ4v) is 2.21. The van der Waals surface area contributed by atoms with E-state index in [1.165, 1.54) is 0 Å². The molecule has 1 saturated heterocycles. The zero-order valence-electron chi connectivity index (χ0n) is 10.5. The highest BCUT2D eigenvalue weighted by molar-refractivity contribution is 5.97. The molecule has 3 rings (SSSR count). The van der Waals surface area contributed by atoms with E-state index in [-0.39, 0.29) is 5.91 Å². The lowest BCUT2D eigenvalue weighted by molar-refractivity contribution is -0.124. The van der Waals surface area contributed by atoms with Gasteiger partial charge in [-0.15, -0.1) is 0 Å². The van der Waals surface area contributed by atoms with Gasteiger partial charge in [0.05, 0.1) is 11.0 Å². The number of anilines is 1. The first-order valence-electron chi connectivity index (χ1n) is 6.30. The number of nitrogens with one attached hydrogen (secondary N) is 2. The second kappa shape index (κ2) is 4.64. The van der Waals surface area contributed by atoms with Gasteiger partial charge in [-0.05, 0) is 25.0 Å². The predicted molar refractivity (Wildman–Crippen MR) is 71.7 cm³/mol. The number of carbonyl (C=O) groups is 1. The van der Waals surface area contributed by atoms with E-state index >= 15 is 0 Å². The summed E-state index contributed by atoms with van der Waals surface area (Å²) < 4.78 is 5.23. The van der Waals surface area contributed by atoms with Crippen LogP contribution in [0, 0.1) is 0 Å². The van der Waals surface area contributed by atoms with Crippen molar-refractivity contribution in [1.82, 2.24) is 9.97 Å². The summed E-state index contributed by atoms with van der Waals surface area (Å²) in [6.45, 7) is 1.04. The number of imidazole rings is 1. The molecule has 0 radical (unpaired) electrons. The quantitative estimate of drug-likeness (QED) is 0.751. The first-order chi connectivity index (χ1) is 9.17. The number of carbonyl (C=O) groups excluding carboxylic acids is 1. The molecule has 100 valence electrons. The van der Waals surface area contributed by atoms with E-state index in [1.807, 2.05) is 24.3 Å². The molecule has 0 atom stereocenters. The summed E-state index contributed by atoms with van der Waals surface area (Å²) in [5.41, 5.74) is 6.95. The number of aromatic nitrogens is 2. The van der Waals surface area contributed by atoms with Gasteiger partial charge in [0.15, 0.2) is 0 Å². The third-order valence-corrected chi connectivity index (χ3v) is 3.46. The van der Waals surface area contributed by atoms with Crippen molar-refractivity contribution < 1.29 is 9.53 Å². The van der Waals surface area contributed by atoms with Crippen molar-refractivity contribution in [3.63, 3.8) is 0 Å². The normalized spacial score (nSPS) is 18.4. The molecule has 1 aromatic carbocycles. The van der Waals surface area contributed by atoms with Crippen molar-refractivity contribution in [3.05, 3.63) is 24.3 Å². The van der Waals surface area contributed by atoms with E-state index in [4.69, 9.17) is 10.5 Å². The minimum Gasteiger partial charge on any atom is -0.381 e. The molecule has 2 heterocycles. The van der Waals surface area contributed by atoms with Crippen molar-refractivity contribution in [2.45, 2.75) is 18.4 Å². The first-order valence-corrected chi connectivity index (χ1v) is 6.30. The fraction of sp³-hybridized carbons (Fsp3) is 0.385. The van der Waals surface area contributed by atoms with Crippen LogP contribution in [-0.2, 0) is 9.53 Å². The summed E-state index contributed by atoms with van der Waals surface area (Å²) in [6, 6.07) is 7.60. The molecule has 0 aliphatic carbocycles. The Morgan fingerprint density at radius 1 is 1.37 bits per heavy atom. The van der Waals surface area contributed by atoms with E-state index in [2.05, 4.69) is 15.3 Å². The average molecular weight is 260 g/mol. The molecule has 19 heavy (non-hydrogen) atoms. The van der Waals surface area contributed by atoms with Gasteiger partial charge in [-0.25, -0.2) is 4.98 Å². The number of nitrogens with two attached hydrogens (primary N) is 1. The van der Waals surface area contributed by atoms with E-state index in [0.29, 0.717) is 32.0 Å². The van der Waals surface area contributed by atoms with Gasteiger partial charge in [-0.3, -0.25) is 10.1 Å². The Labute approximate surface area is 110 Å². The van der Waals surface area contributed by atoms with Crippen LogP contribution in [0.4, 0.5) is 5.95 Å². The van der Waals surface area contributed by atoms with Gasteiger partial charge in [0.2, 0.25) is 11.9 Å². The highest BCUT2D eigenvalue weighted by Gasteiger charge is 2.36. The lowest BCUT2D eigenvalue weighted by atomic mass is 9.90. The van der Waals surface area contributed by atoms with E-state index in [1.54, 1.807) is 0 Å². The summed E-state index contributed by atoms with van der Waals surface area (Å²) >= 11 is 0. The topological polar surface area (TPSA) is 93.0 Å².